The van der Waals surface area contributed by atoms with Crippen molar-refractivity contribution in [1.82, 2.24) is 5.32 Å². The summed E-state index contributed by atoms with van der Waals surface area (Å²) < 4.78 is 6.02. The molecule has 2 aliphatic carbocycles. The Labute approximate surface area is 205 Å². The Bertz CT molecular complexity index is 1250. The number of anilines is 1. The quantitative estimate of drug-likeness (QED) is 0.641. The summed E-state index contributed by atoms with van der Waals surface area (Å²) in [5, 5.41) is 6.36. The van der Waals surface area contributed by atoms with Crippen molar-refractivity contribution in [3.05, 3.63) is 81.7 Å². The number of allylic oxidation sites excluding steroid dienone is 4. The number of nitrogens with one attached hydrogen (secondary N) is 2. The van der Waals surface area contributed by atoms with E-state index < -0.39 is 5.92 Å². The summed E-state index contributed by atoms with van der Waals surface area (Å²) in [4.78, 5) is 38.9. The number of rotatable bonds is 5. The van der Waals surface area contributed by atoms with Crippen LogP contribution in [0.3, 0.4) is 0 Å². The van der Waals surface area contributed by atoms with Crippen molar-refractivity contribution in [2.24, 2.45) is 0 Å². The molecule has 0 saturated carbocycles. The Morgan fingerprint density at radius 2 is 1.60 bits per heavy atom. The van der Waals surface area contributed by atoms with Crippen LogP contribution in [0, 0.1) is 13.8 Å². The van der Waals surface area contributed by atoms with Crippen LogP contribution in [-0.2, 0) is 14.4 Å². The first kappa shape index (κ1) is 23.1. The topological polar surface area (TPSA) is 84.5 Å². The van der Waals surface area contributed by atoms with Crippen molar-refractivity contribution in [1.29, 1.82) is 0 Å². The van der Waals surface area contributed by atoms with Gasteiger partial charge in [0.2, 0.25) is 0 Å². The zero-order valence-electron chi connectivity index (χ0n) is 20.2. The average Bonchev–Trinajstić information content (AvgIpc) is 2.84. The highest BCUT2D eigenvalue weighted by Gasteiger charge is 2.41. The molecular weight excluding hydrogens is 440 g/mol. The summed E-state index contributed by atoms with van der Waals surface area (Å²) in [5.41, 5.74) is 6.79. The molecule has 180 valence electrons. The predicted molar refractivity (Wildman–Crippen MR) is 134 cm³/mol. The van der Waals surface area contributed by atoms with E-state index in [4.69, 9.17) is 4.74 Å². The molecule has 0 unspecified atom stereocenters. The molecule has 0 fully saturated rings. The van der Waals surface area contributed by atoms with Gasteiger partial charge < -0.3 is 15.4 Å². The minimum Gasteiger partial charge on any atom is -0.483 e. The van der Waals surface area contributed by atoms with Gasteiger partial charge in [0.25, 0.3) is 5.91 Å². The summed E-state index contributed by atoms with van der Waals surface area (Å²) in [6.45, 7) is 3.75. The third-order valence-electron chi connectivity index (χ3n) is 7.05. The molecule has 3 aliphatic rings. The van der Waals surface area contributed by atoms with Gasteiger partial charge in [0.15, 0.2) is 18.2 Å². The number of Topliss-reactive ketones (excluding diaryl/α,β-unsaturated/α-hetero) is 2. The zero-order chi connectivity index (χ0) is 24.5. The van der Waals surface area contributed by atoms with E-state index in [1.807, 2.05) is 56.3 Å². The molecule has 5 rings (SSSR count). The second kappa shape index (κ2) is 9.53. The minimum absolute atomic E-state index is 0.0798. The van der Waals surface area contributed by atoms with Crippen LogP contribution in [-0.4, -0.2) is 24.1 Å². The van der Waals surface area contributed by atoms with Crippen LogP contribution < -0.4 is 15.4 Å². The number of ether oxygens (including phenoxy) is 1. The van der Waals surface area contributed by atoms with E-state index in [1.54, 1.807) is 0 Å². The SMILES string of the molecule is Cc1ccc(C)c(NC(=O)COc2ccccc2C2C3=C(CCCC3=O)NC3=C2C(=O)CCC3)c1. The van der Waals surface area contributed by atoms with Gasteiger partial charge in [-0.15, -0.1) is 0 Å². The van der Waals surface area contributed by atoms with Crippen molar-refractivity contribution < 1.29 is 19.1 Å². The van der Waals surface area contributed by atoms with Gasteiger partial charge in [-0.3, -0.25) is 14.4 Å². The van der Waals surface area contributed by atoms with Crippen LogP contribution in [0.4, 0.5) is 5.69 Å². The van der Waals surface area contributed by atoms with E-state index in [1.165, 1.54) is 0 Å². The second-order valence-corrected chi connectivity index (χ2v) is 9.59. The molecule has 0 aromatic heterocycles. The third kappa shape index (κ3) is 4.53. The van der Waals surface area contributed by atoms with Crippen LogP contribution in [0.2, 0.25) is 0 Å². The lowest BCUT2D eigenvalue weighted by atomic mass is 9.71. The summed E-state index contributed by atoms with van der Waals surface area (Å²) in [7, 11) is 0. The second-order valence-electron chi connectivity index (χ2n) is 9.59. The van der Waals surface area contributed by atoms with Gasteiger partial charge in [-0.25, -0.2) is 0 Å². The first-order valence-electron chi connectivity index (χ1n) is 12.3. The number of amides is 1. The molecule has 6 heteroatoms. The first-order chi connectivity index (χ1) is 16.9. The molecule has 1 amide bonds. The summed E-state index contributed by atoms with van der Waals surface area (Å²) >= 11 is 0. The lowest BCUT2D eigenvalue weighted by Gasteiger charge is -2.37. The summed E-state index contributed by atoms with van der Waals surface area (Å²) in [6.07, 6.45) is 4.17. The van der Waals surface area contributed by atoms with Crippen LogP contribution in [0.5, 0.6) is 5.75 Å². The van der Waals surface area contributed by atoms with Gasteiger partial charge in [-0.05, 0) is 62.8 Å². The molecular formula is C29H30N2O4. The van der Waals surface area contributed by atoms with Crippen molar-refractivity contribution in [3.63, 3.8) is 0 Å². The molecule has 0 radical (unpaired) electrons. The molecule has 0 atom stereocenters. The number of hydrogen-bond donors (Lipinski definition) is 2. The Kier molecular flexibility index (Phi) is 6.29. The minimum atomic E-state index is -0.458. The molecule has 6 nitrogen and oxygen atoms in total. The fourth-order valence-corrected chi connectivity index (χ4v) is 5.34. The largest absolute Gasteiger partial charge is 0.483 e. The van der Waals surface area contributed by atoms with Crippen LogP contribution in [0.25, 0.3) is 0 Å². The van der Waals surface area contributed by atoms with E-state index in [-0.39, 0.29) is 24.1 Å². The van der Waals surface area contributed by atoms with E-state index in [0.717, 1.165) is 59.5 Å². The molecule has 2 aromatic carbocycles. The maximum Gasteiger partial charge on any atom is 0.262 e. The number of carbonyl (C=O) groups excluding carboxylic acids is 3. The van der Waals surface area contributed by atoms with Crippen molar-refractivity contribution >= 4 is 23.2 Å². The molecule has 0 saturated heterocycles. The maximum absolute atomic E-state index is 13.1. The van der Waals surface area contributed by atoms with Gasteiger partial charge in [-0.2, -0.15) is 0 Å². The molecule has 2 aromatic rings. The van der Waals surface area contributed by atoms with Crippen molar-refractivity contribution in [2.75, 3.05) is 11.9 Å². The smallest absolute Gasteiger partial charge is 0.262 e. The first-order valence-corrected chi connectivity index (χ1v) is 12.3. The zero-order valence-corrected chi connectivity index (χ0v) is 20.2. The Balaban J connectivity index is 1.45. The van der Waals surface area contributed by atoms with Gasteiger partial charge in [0, 0.05) is 52.6 Å². The predicted octanol–water partition coefficient (Wildman–Crippen LogP) is 5.02. The highest BCUT2D eigenvalue weighted by molar-refractivity contribution is 6.06. The van der Waals surface area contributed by atoms with Crippen LogP contribution in [0.1, 0.15) is 61.1 Å². The van der Waals surface area contributed by atoms with E-state index in [0.29, 0.717) is 29.7 Å². The lowest BCUT2D eigenvalue weighted by molar-refractivity contribution is -0.119. The molecule has 2 N–H and O–H groups in total. The molecule has 35 heavy (non-hydrogen) atoms. The number of ketones is 2. The third-order valence-corrected chi connectivity index (χ3v) is 7.05. The monoisotopic (exact) mass is 470 g/mol. The fraction of sp³-hybridized carbons (Fsp3) is 0.345. The maximum atomic E-state index is 13.1. The number of dihydropyridines is 1. The number of aryl methyl sites for hydroxylation is 2. The van der Waals surface area contributed by atoms with Gasteiger partial charge in [0.05, 0.1) is 0 Å². The number of carbonyl (C=O) groups is 3. The molecule has 0 bridgehead atoms. The highest BCUT2D eigenvalue weighted by Crippen LogP contribution is 2.47. The van der Waals surface area contributed by atoms with Gasteiger partial charge in [-0.1, -0.05) is 30.3 Å². The van der Waals surface area contributed by atoms with Crippen LogP contribution >= 0.6 is 0 Å². The number of benzene rings is 2. The Hall–Kier alpha value is -3.67. The molecule has 0 spiro atoms. The average molecular weight is 471 g/mol. The van der Waals surface area contributed by atoms with E-state index >= 15 is 0 Å². The Morgan fingerprint density at radius 1 is 0.943 bits per heavy atom. The van der Waals surface area contributed by atoms with Gasteiger partial charge >= 0.3 is 0 Å². The normalized spacial score (nSPS) is 18.1. The molecule has 1 aliphatic heterocycles. The molecule has 1 heterocycles. The van der Waals surface area contributed by atoms with E-state index in [2.05, 4.69) is 10.6 Å². The fourth-order valence-electron chi connectivity index (χ4n) is 5.34. The van der Waals surface area contributed by atoms with Crippen LogP contribution in [0.15, 0.2) is 65.0 Å². The highest BCUT2D eigenvalue weighted by atomic mass is 16.5. The lowest BCUT2D eigenvalue weighted by Crippen LogP contribution is -2.36. The van der Waals surface area contributed by atoms with E-state index in [9.17, 15) is 14.4 Å². The van der Waals surface area contributed by atoms with Gasteiger partial charge in [0.1, 0.15) is 5.75 Å². The Morgan fingerprint density at radius 3 is 2.29 bits per heavy atom. The number of hydrogen-bond acceptors (Lipinski definition) is 5. The standard InChI is InChI=1S/C29H30N2O4/c1-17-13-14-18(2)22(15-17)31-26(34)16-35-25-12-4-3-7-19(25)27-28-20(8-5-10-23(28)32)30-21-9-6-11-24(33)29(21)27/h3-4,7,12-15,27,30H,5-6,8-11,16H2,1-2H3,(H,31,34). The summed E-state index contributed by atoms with van der Waals surface area (Å²) in [6, 6.07) is 13.4. The number of para-hydroxylation sites is 1. The summed E-state index contributed by atoms with van der Waals surface area (Å²) in [5.74, 6) is -0.0421. The van der Waals surface area contributed by atoms with Crippen molar-refractivity contribution in [3.8, 4) is 5.75 Å². The van der Waals surface area contributed by atoms with Crippen molar-refractivity contribution in [2.45, 2.75) is 58.3 Å².